The molecule has 0 radical (unpaired) electrons. The van der Waals surface area contributed by atoms with Crippen LogP contribution in [-0.4, -0.2) is 30.6 Å². The molecule has 3 N–H and O–H groups in total. The number of nitrogens with one attached hydrogen (secondary N) is 1. The van der Waals surface area contributed by atoms with E-state index < -0.39 is 0 Å². The fraction of sp³-hybridized carbons (Fsp3) is 0.333. The van der Waals surface area contributed by atoms with E-state index in [1.807, 2.05) is 23.6 Å². The van der Waals surface area contributed by atoms with E-state index in [1.54, 1.807) is 0 Å². The lowest BCUT2D eigenvalue weighted by Gasteiger charge is -2.08. The van der Waals surface area contributed by atoms with Gasteiger partial charge in [-0.3, -0.25) is 4.79 Å². The summed E-state index contributed by atoms with van der Waals surface area (Å²) in [5.41, 5.74) is 7.08. The first-order chi connectivity index (χ1) is 10.8. The highest BCUT2D eigenvalue weighted by atomic mass is 32.1. The Morgan fingerprint density at radius 1 is 1.32 bits per heavy atom. The maximum Gasteiger partial charge on any atom is 0.227 e. The molecule has 0 saturated heterocycles. The Kier molecular flexibility index (Phi) is 4.55. The third kappa shape index (κ3) is 3.37. The van der Waals surface area contributed by atoms with Crippen molar-refractivity contribution in [2.45, 2.75) is 12.8 Å². The van der Waals surface area contributed by atoms with Crippen LogP contribution in [0.3, 0.4) is 0 Å². The summed E-state index contributed by atoms with van der Waals surface area (Å²) < 4.78 is 11.3. The number of hydrogen-bond donors (Lipinski definition) is 2. The zero-order chi connectivity index (χ0) is 15.4. The van der Waals surface area contributed by atoms with Gasteiger partial charge in [0.25, 0.3) is 0 Å². The van der Waals surface area contributed by atoms with Crippen molar-refractivity contribution in [3.63, 3.8) is 0 Å². The first-order valence-corrected chi connectivity index (χ1v) is 7.99. The van der Waals surface area contributed by atoms with E-state index in [2.05, 4.69) is 10.3 Å². The molecule has 2 aromatic rings. The lowest BCUT2D eigenvalue weighted by molar-refractivity contribution is -0.116. The van der Waals surface area contributed by atoms with Gasteiger partial charge in [-0.25, -0.2) is 4.98 Å². The van der Waals surface area contributed by atoms with E-state index >= 15 is 0 Å². The molecule has 6 nitrogen and oxygen atoms in total. The van der Waals surface area contributed by atoms with E-state index in [4.69, 9.17) is 15.2 Å². The maximum absolute atomic E-state index is 11.5. The van der Waals surface area contributed by atoms with Crippen LogP contribution >= 0.6 is 11.3 Å². The lowest BCUT2D eigenvalue weighted by atomic mass is 10.1. The molecule has 3 rings (SSSR count). The second-order valence-corrected chi connectivity index (χ2v) is 5.69. The zero-order valence-electron chi connectivity index (χ0n) is 12.0. The zero-order valence-corrected chi connectivity index (χ0v) is 12.8. The van der Waals surface area contributed by atoms with Crippen molar-refractivity contribution in [3.8, 4) is 22.8 Å². The Morgan fingerprint density at radius 3 is 2.95 bits per heavy atom. The number of carbonyl (C=O) groups excluding carboxylic acids is 1. The fourth-order valence-corrected chi connectivity index (χ4v) is 2.84. The van der Waals surface area contributed by atoms with Gasteiger partial charge in [-0.05, 0) is 18.2 Å². The van der Waals surface area contributed by atoms with Gasteiger partial charge >= 0.3 is 0 Å². The molecule has 1 aromatic carbocycles. The van der Waals surface area contributed by atoms with Gasteiger partial charge in [0.1, 0.15) is 0 Å². The number of fused-ring (bicyclic) bond motifs is 1. The summed E-state index contributed by atoms with van der Waals surface area (Å²) >= 11 is 1.38. The van der Waals surface area contributed by atoms with E-state index in [9.17, 15) is 4.79 Å². The highest BCUT2D eigenvalue weighted by molar-refractivity contribution is 7.14. The number of rotatable bonds is 4. The Hall–Kier alpha value is -2.12. The number of thiazole rings is 1. The van der Waals surface area contributed by atoms with Gasteiger partial charge < -0.3 is 20.5 Å². The van der Waals surface area contributed by atoms with E-state index in [-0.39, 0.29) is 5.91 Å². The average Bonchev–Trinajstić information content (AvgIpc) is 2.83. The monoisotopic (exact) mass is 319 g/mol. The number of anilines is 1. The molecule has 1 aliphatic heterocycles. The van der Waals surface area contributed by atoms with E-state index in [0.717, 1.165) is 29.2 Å². The van der Waals surface area contributed by atoms with Gasteiger partial charge in [0, 0.05) is 30.3 Å². The van der Waals surface area contributed by atoms with Crippen molar-refractivity contribution < 1.29 is 14.3 Å². The average molecular weight is 319 g/mol. The minimum atomic E-state index is -0.123. The Morgan fingerprint density at radius 2 is 2.14 bits per heavy atom. The molecule has 1 aliphatic rings. The molecule has 0 atom stereocenters. The van der Waals surface area contributed by atoms with Crippen molar-refractivity contribution in [2.24, 2.45) is 5.73 Å². The third-order valence-electron chi connectivity index (χ3n) is 3.17. The summed E-state index contributed by atoms with van der Waals surface area (Å²) in [5, 5.41) is 5.21. The molecule has 7 heteroatoms. The second kappa shape index (κ2) is 6.76. The van der Waals surface area contributed by atoms with E-state index in [0.29, 0.717) is 31.3 Å². The minimum absolute atomic E-state index is 0.123. The summed E-state index contributed by atoms with van der Waals surface area (Å²) in [6, 6.07) is 5.75. The summed E-state index contributed by atoms with van der Waals surface area (Å²) in [5.74, 6) is 1.37. The number of nitrogens with two attached hydrogens (primary N) is 1. The molecule has 0 fully saturated rings. The Labute approximate surface area is 132 Å². The first kappa shape index (κ1) is 14.8. The van der Waals surface area contributed by atoms with Gasteiger partial charge in [0.2, 0.25) is 5.91 Å². The van der Waals surface area contributed by atoms with Crippen LogP contribution in [0.25, 0.3) is 11.3 Å². The van der Waals surface area contributed by atoms with Crippen molar-refractivity contribution in [1.82, 2.24) is 4.98 Å². The van der Waals surface area contributed by atoms with Crippen LogP contribution in [-0.2, 0) is 4.79 Å². The number of carbonyl (C=O) groups is 1. The van der Waals surface area contributed by atoms with E-state index in [1.165, 1.54) is 11.3 Å². The van der Waals surface area contributed by atoms with Crippen molar-refractivity contribution in [1.29, 1.82) is 0 Å². The van der Waals surface area contributed by atoms with Crippen molar-refractivity contribution >= 4 is 22.4 Å². The van der Waals surface area contributed by atoms with Crippen LogP contribution in [0.2, 0.25) is 0 Å². The minimum Gasteiger partial charge on any atom is -0.490 e. The first-order valence-electron chi connectivity index (χ1n) is 7.12. The topological polar surface area (TPSA) is 86.5 Å². The molecule has 0 aliphatic carbocycles. The Bertz CT molecular complexity index is 672. The molecular formula is C15H17N3O3S. The second-order valence-electron chi connectivity index (χ2n) is 4.84. The predicted molar refractivity (Wildman–Crippen MR) is 85.5 cm³/mol. The molecule has 0 unspecified atom stereocenters. The van der Waals surface area contributed by atoms with Gasteiger partial charge in [0.15, 0.2) is 16.6 Å². The fourth-order valence-electron chi connectivity index (χ4n) is 2.10. The van der Waals surface area contributed by atoms with Crippen molar-refractivity contribution in [3.05, 3.63) is 23.6 Å². The molecule has 0 spiro atoms. The molecular weight excluding hydrogens is 302 g/mol. The molecule has 116 valence electrons. The summed E-state index contributed by atoms with van der Waals surface area (Å²) in [4.78, 5) is 16.0. The number of nitrogens with zero attached hydrogens (tertiary/aromatic N) is 1. The highest BCUT2D eigenvalue weighted by Gasteiger charge is 2.13. The number of amides is 1. The normalized spacial score (nSPS) is 13.5. The lowest BCUT2D eigenvalue weighted by Crippen LogP contribution is -2.15. The quantitative estimate of drug-likeness (QED) is 0.902. The van der Waals surface area contributed by atoms with Crippen LogP contribution in [0.15, 0.2) is 23.6 Å². The SMILES string of the molecule is NCCC(=O)Nc1nc(-c2ccc3c(c2)OCCCO3)cs1. The van der Waals surface area contributed by atoms with Gasteiger partial charge in [-0.15, -0.1) is 11.3 Å². The number of ether oxygens (including phenoxy) is 2. The number of aromatic nitrogens is 1. The summed E-state index contributed by atoms with van der Waals surface area (Å²) in [7, 11) is 0. The molecule has 1 aromatic heterocycles. The van der Waals surface area contributed by atoms with Crippen LogP contribution in [0.5, 0.6) is 11.5 Å². The Balaban J connectivity index is 1.78. The van der Waals surface area contributed by atoms with Crippen LogP contribution < -0.4 is 20.5 Å². The third-order valence-corrected chi connectivity index (χ3v) is 3.92. The van der Waals surface area contributed by atoms with Gasteiger partial charge in [0.05, 0.1) is 18.9 Å². The van der Waals surface area contributed by atoms with Crippen LogP contribution in [0, 0.1) is 0 Å². The molecule has 0 saturated carbocycles. The molecule has 1 amide bonds. The van der Waals surface area contributed by atoms with Gasteiger partial charge in [-0.2, -0.15) is 0 Å². The summed E-state index contributed by atoms with van der Waals surface area (Å²) in [6.07, 6.45) is 1.16. The largest absolute Gasteiger partial charge is 0.490 e. The van der Waals surface area contributed by atoms with Gasteiger partial charge in [-0.1, -0.05) is 0 Å². The number of benzene rings is 1. The molecule has 22 heavy (non-hydrogen) atoms. The van der Waals surface area contributed by atoms with Crippen LogP contribution in [0.4, 0.5) is 5.13 Å². The predicted octanol–water partition coefficient (Wildman–Crippen LogP) is 2.26. The standard InChI is InChI=1S/C15H17N3O3S/c16-5-4-14(19)18-15-17-11(9-22-15)10-2-3-12-13(8-10)21-7-1-6-20-12/h2-3,8-9H,1,4-7,16H2,(H,17,18,19). The van der Waals surface area contributed by atoms with Crippen molar-refractivity contribution in [2.75, 3.05) is 25.1 Å². The highest BCUT2D eigenvalue weighted by Crippen LogP contribution is 2.35. The molecule has 0 bridgehead atoms. The smallest absolute Gasteiger partial charge is 0.227 e. The van der Waals surface area contributed by atoms with Crippen LogP contribution in [0.1, 0.15) is 12.8 Å². The molecule has 2 heterocycles. The number of hydrogen-bond acceptors (Lipinski definition) is 6. The maximum atomic E-state index is 11.5. The summed E-state index contributed by atoms with van der Waals surface area (Å²) in [6.45, 7) is 1.64.